The van der Waals surface area contributed by atoms with Crippen LogP contribution in [0.25, 0.3) is 11.1 Å². The molecule has 2 aromatic carbocycles. The molecule has 25 heavy (non-hydrogen) atoms. The predicted octanol–water partition coefficient (Wildman–Crippen LogP) is 4.86. The lowest BCUT2D eigenvalue weighted by Crippen LogP contribution is -2.13. The van der Waals surface area contributed by atoms with Crippen molar-refractivity contribution in [2.45, 2.75) is 51.9 Å². The molecule has 0 spiro atoms. The monoisotopic (exact) mass is 329 g/mol. The summed E-state index contributed by atoms with van der Waals surface area (Å²) in [6.45, 7) is 6.55. The van der Waals surface area contributed by atoms with Gasteiger partial charge >= 0.3 is 0 Å². The lowest BCUT2D eigenvalue weighted by Gasteiger charge is -2.24. The lowest BCUT2D eigenvalue weighted by atomic mass is 9.79. The largest absolute Gasteiger partial charge is 0.397 e. The zero-order chi connectivity index (χ0) is 18.2. The van der Waals surface area contributed by atoms with Gasteiger partial charge in [0.1, 0.15) is 12.1 Å². The summed E-state index contributed by atoms with van der Waals surface area (Å²) in [5.41, 5.74) is 13.0. The Labute approximate surface area is 149 Å². The number of hydrogen-bond donors (Lipinski definition) is 1. The van der Waals surface area contributed by atoms with E-state index in [2.05, 4.69) is 57.2 Å². The summed E-state index contributed by atoms with van der Waals surface area (Å²) in [7, 11) is 0. The average molecular weight is 329 g/mol. The summed E-state index contributed by atoms with van der Waals surface area (Å²) in [5, 5.41) is 19.3. The van der Waals surface area contributed by atoms with Crippen molar-refractivity contribution in [3.8, 4) is 23.3 Å². The summed E-state index contributed by atoms with van der Waals surface area (Å²) in [5.74, 6) is 0. The van der Waals surface area contributed by atoms with Crippen LogP contribution >= 0.6 is 0 Å². The fraction of sp³-hybridized carbons (Fsp3) is 0.364. The Hall–Kier alpha value is -2.78. The highest BCUT2D eigenvalue weighted by Crippen LogP contribution is 2.40. The molecule has 0 atom stereocenters. The number of nitriles is 2. The molecule has 0 amide bonds. The Kier molecular flexibility index (Phi) is 4.27. The molecule has 0 aliphatic heterocycles. The van der Waals surface area contributed by atoms with E-state index < -0.39 is 0 Å². The van der Waals surface area contributed by atoms with Crippen LogP contribution in [0.1, 0.15) is 61.4 Å². The second-order valence-corrected chi connectivity index (χ2v) is 7.75. The van der Waals surface area contributed by atoms with E-state index in [0.29, 0.717) is 16.8 Å². The molecule has 0 saturated carbocycles. The molecule has 2 N–H and O–H groups in total. The summed E-state index contributed by atoms with van der Waals surface area (Å²) in [6, 6.07) is 12.9. The van der Waals surface area contributed by atoms with E-state index in [-0.39, 0.29) is 5.41 Å². The third kappa shape index (κ3) is 2.87. The van der Waals surface area contributed by atoms with Gasteiger partial charge in [0.2, 0.25) is 0 Å². The van der Waals surface area contributed by atoms with E-state index in [1.807, 2.05) is 0 Å². The van der Waals surface area contributed by atoms with Crippen LogP contribution in [-0.2, 0) is 18.3 Å². The van der Waals surface area contributed by atoms with E-state index in [9.17, 15) is 10.5 Å². The number of nitrogen functional groups attached to an aromatic ring is 1. The Morgan fingerprint density at radius 1 is 0.880 bits per heavy atom. The van der Waals surface area contributed by atoms with Crippen molar-refractivity contribution in [1.29, 1.82) is 10.5 Å². The molecule has 2 aromatic rings. The van der Waals surface area contributed by atoms with Crippen molar-refractivity contribution in [3.05, 3.63) is 52.1 Å². The minimum atomic E-state index is 0.0830. The van der Waals surface area contributed by atoms with Crippen molar-refractivity contribution >= 4 is 5.69 Å². The molecule has 3 nitrogen and oxygen atoms in total. The minimum absolute atomic E-state index is 0.0830. The minimum Gasteiger partial charge on any atom is -0.397 e. The maximum atomic E-state index is 9.73. The van der Waals surface area contributed by atoms with Gasteiger partial charge in [0, 0.05) is 5.56 Å². The average Bonchev–Trinajstić information content (AvgIpc) is 2.60. The van der Waals surface area contributed by atoms with Gasteiger partial charge in [-0.05, 0) is 53.4 Å². The van der Waals surface area contributed by atoms with Gasteiger partial charge in [0.15, 0.2) is 0 Å². The van der Waals surface area contributed by atoms with E-state index in [0.717, 1.165) is 47.9 Å². The number of nitrogens with zero attached hydrogens (tertiary/aromatic N) is 2. The van der Waals surface area contributed by atoms with Gasteiger partial charge < -0.3 is 5.73 Å². The quantitative estimate of drug-likeness (QED) is 0.760. The molecule has 0 aromatic heterocycles. The summed E-state index contributed by atoms with van der Waals surface area (Å²) in [6.07, 6.45) is 3.91. The fourth-order valence-electron chi connectivity index (χ4n) is 3.73. The Bertz CT molecular complexity index is 901. The molecule has 0 unspecified atom stereocenters. The highest BCUT2D eigenvalue weighted by Gasteiger charge is 2.25. The van der Waals surface area contributed by atoms with Crippen molar-refractivity contribution in [2.24, 2.45) is 0 Å². The van der Waals surface area contributed by atoms with Crippen LogP contribution in [0.5, 0.6) is 0 Å². The van der Waals surface area contributed by atoms with Gasteiger partial charge in [-0.3, -0.25) is 0 Å². The van der Waals surface area contributed by atoms with Crippen molar-refractivity contribution in [2.75, 3.05) is 5.73 Å². The van der Waals surface area contributed by atoms with Crippen molar-refractivity contribution in [3.63, 3.8) is 0 Å². The van der Waals surface area contributed by atoms with E-state index >= 15 is 0 Å². The van der Waals surface area contributed by atoms with Crippen LogP contribution in [0.3, 0.4) is 0 Å². The molecule has 3 heteroatoms. The van der Waals surface area contributed by atoms with E-state index in [4.69, 9.17) is 5.73 Å². The number of nitrogens with two attached hydrogens (primary N) is 1. The smallest absolute Gasteiger partial charge is 0.102 e. The summed E-state index contributed by atoms with van der Waals surface area (Å²) >= 11 is 0. The van der Waals surface area contributed by atoms with Gasteiger partial charge in [-0.2, -0.15) is 10.5 Å². The first-order valence-corrected chi connectivity index (χ1v) is 8.76. The van der Waals surface area contributed by atoms with Crippen molar-refractivity contribution in [1.82, 2.24) is 0 Å². The van der Waals surface area contributed by atoms with Gasteiger partial charge in [0.25, 0.3) is 0 Å². The molecular weight excluding hydrogens is 306 g/mol. The number of benzene rings is 2. The maximum Gasteiger partial charge on any atom is 0.102 e. The first-order chi connectivity index (χ1) is 11.9. The summed E-state index contributed by atoms with van der Waals surface area (Å²) < 4.78 is 0. The molecule has 126 valence electrons. The van der Waals surface area contributed by atoms with Gasteiger partial charge in [-0.15, -0.1) is 0 Å². The molecule has 0 fully saturated rings. The molecule has 1 aliphatic carbocycles. The van der Waals surface area contributed by atoms with Crippen LogP contribution in [0.4, 0.5) is 5.69 Å². The van der Waals surface area contributed by atoms with Crippen LogP contribution < -0.4 is 5.73 Å². The standard InChI is InChI=1S/C22H23N3/c1-22(2,3)15-10-8-14(9-11-15)20-17-7-5-4-6-16(17)18(12-23)21(25)19(20)13-24/h8-11H,4-7,25H2,1-3H3. The predicted molar refractivity (Wildman–Crippen MR) is 101 cm³/mol. The normalized spacial score (nSPS) is 13.6. The Morgan fingerprint density at radius 3 is 1.96 bits per heavy atom. The highest BCUT2D eigenvalue weighted by atomic mass is 14.6. The van der Waals surface area contributed by atoms with Crippen molar-refractivity contribution < 1.29 is 0 Å². The molecule has 0 saturated heterocycles. The zero-order valence-corrected chi connectivity index (χ0v) is 15.1. The van der Waals surface area contributed by atoms with Crippen LogP contribution in [0.2, 0.25) is 0 Å². The second-order valence-electron chi connectivity index (χ2n) is 7.75. The lowest BCUT2D eigenvalue weighted by molar-refractivity contribution is 0.590. The number of rotatable bonds is 1. The molecule has 0 bridgehead atoms. The van der Waals surface area contributed by atoms with E-state index in [1.54, 1.807) is 0 Å². The fourth-order valence-corrected chi connectivity index (χ4v) is 3.73. The highest BCUT2D eigenvalue weighted by molar-refractivity contribution is 5.85. The topological polar surface area (TPSA) is 73.6 Å². The third-order valence-corrected chi connectivity index (χ3v) is 5.12. The van der Waals surface area contributed by atoms with E-state index in [1.165, 1.54) is 5.56 Å². The van der Waals surface area contributed by atoms with Crippen LogP contribution in [-0.4, -0.2) is 0 Å². The molecule has 0 radical (unpaired) electrons. The molecule has 3 rings (SSSR count). The first kappa shape index (κ1) is 17.1. The first-order valence-electron chi connectivity index (χ1n) is 8.76. The van der Waals surface area contributed by atoms with Gasteiger partial charge in [0.05, 0.1) is 16.8 Å². The van der Waals surface area contributed by atoms with Gasteiger partial charge in [-0.25, -0.2) is 0 Å². The second kappa shape index (κ2) is 6.26. The zero-order valence-electron chi connectivity index (χ0n) is 15.1. The molecule has 0 heterocycles. The molecule has 1 aliphatic rings. The Morgan fingerprint density at radius 2 is 1.44 bits per heavy atom. The van der Waals surface area contributed by atoms with Crippen LogP contribution in [0.15, 0.2) is 24.3 Å². The summed E-state index contributed by atoms with van der Waals surface area (Å²) in [4.78, 5) is 0. The number of hydrogen-bond acceptors (Lipinski definition) is 3. The third-order valence-electron chi connectivity index (χ3n) is 5.12. The Balaban J connectivity index is 2.28. The SMILES string of the molecule is CC(C)(C)c1ccc(-c2c(C#N)c(N)c(C#N)c3c2CCCC3)cc1. The molecular formula is C22H23N3. The number of fused-ring (bicyclic) bond motifs is 1. The maximum absolute atomic E-state index is 9.73. The number of anilines is 1. The van der Waals surface area contributed by atoms with Gasteiger partial charge in [-0.1, -0.05) is 45.0 Å². The van der Waals surface area contributed by atoms with Crippen LogP contribution in [0, 0.1) is 22.7 Å².